The molecule has 16 rings (SSSR count). The lowest BCUT2D eigenvalue weighted by molar-refractivity contribution is 0.627. The zero-order chi connectivity index (χ0) is 51.6. The fraction of sp³-hybridized carbons (Fsp3) is 0.0137. The lowest BCUT2D eigenvalue weighted by atomic mass is 9.70. The summed E-state index contributed by atoms with van der Waals surface area (Å²) in [5.74, 6) is -0.588. The molecule has 0 unspecified atom stereocenters. The van der Waals surface area contributed by atoms with Crippen LogP contribution in [0.3, 0.4) is 0 Å². The Hall–Kier alpha value is -10.1. The molecule has 0 fully saturated rings. The third-order valence-corrected chi connectivity index (χ3v) is 16.6. The van der Waals surface area contributed by atoms with Crippen molar-refractivity contribution in [1.29, 1.82) is 0 Å². The first-order chi connectivity index (χ1) is 38.5. The maximum absolute atomic E-state index is 15.2. The molecule has 2 aliphatic carbocycles. The van der Waals surface area contributed by atoms with E-state index >= 15 is 4.39 Å². The molecule has 2 aliphatic rings. The zero-order valence-corrected chi connectivity index (χ0v) is 42.1. The van der Waals surface area contributed by atoms with E-state index in [2.05, 4.69) is 227 Å². The van der Waals surface area contributed by atoms with Crippen LogP contribution < -0.4 is 9.80 Å². The number of fused-ring (bicyclic) bond motifs is 17. The van der Waals surface area contributed by atoms with E-state index in [1.54, 1.807) is 24.3 Å². The third kappa shape index (κ3) is 6.30. The van der Waals surface area contributed by atoms with Crippen molar-refractivity contribution in [1.82, 2.24) is 4.40 Å². The first kappa shape index (κ1) is 44.2. The van der Waals surface area contributed by atoms with Gasteiger partial charge in [-0.15, -0.1) is 0 Å². The number of nitrogens with zero attached hydrogens (tertiary/aromatic N) is 3. The molecule has 5 heteroatoms. The van der Waals surface area contributed by atoms with E-state index in [0.717, 1.165) is 100 Å². The summed E-state index contributed by atoms with van der Waals surface area (Å²) in [6, 6.07) is 94.9. The SMILES string of the molecule is Fc1ccc(N(c2ccc(-c3ccccc3)cc2)c2ccc3c(c2)C2(c4ccccc4-c4ccccc42)c2cc(N(c4ccc(F)cc4)c4ccc(-c5ccccc5)cc4)c4c5cccc6c7ccccc7n(c4c2-3)c65)cc1. The van der Waals surface area contributed by atoms with Crippen molar-refractivity contribution >= 4 is 72.2 Å². The van der Waals surface area contributed by atoms with Crippen molar-refractivity contribution in [3.63, 3.8) is 0 Å². The van der Waals surface area contributed by atoms with Gasteiger partial charge in [-0.1, -0.05) is 176 Å². The minimum Gasteiger partial charge on any atom is -0.310 e. The maximum atomic E-state index is 15.2. The Morgan fingerprint density at radius 2 is 0.769 bits per heavy atom. The second-order valence-corrected chi connectivity index (χ2v) is 20.6. The molecule has 78 heavy (non-hydrogen) atoms. The molecule has 0 aliphatic heterocycles. The summed E-state index contributed by atoms with van der Waals surface area (Å²) in [5.41, 5.74) is 22.0. The van der Waals surface area contributed by atoms with Crippen LogP contribution in [0.15, 0.2) is 273 Å². The molecule has 0 radical (unpaired) electrons. The van der Waals surface area contributed by atoms with Gasteiger partial charge in [-0.25, -0.2) is 8.78 Å². The fourth-order valence-electron chi connectivity index (χ4n) is 13.4. The molecule has 0 saturated carbocycles. The summed E-state index contributed by atoms with van der Waals surface area (Å²) in [5, 5.41) is 4.62. The summed E-state index contributed by atoms with van der Waals surface area (Å²) in [7, 11) is 0. The number of anilines is 6. The highest BCUT2D eigenvalue weighted by atomic mass is 19.1. The van der Waals surface area contributed by atoms with E-state index in [1.165, 1.54) is 38.6 Å². The largest absolute Gasteiger partial charge is 0.310 e. The summed E-state index contributed by atoms with van der Waals surface area (Å²) in [6.07, 6.45) is 0. The quantitative estimate of drug-likeness (QED) is 0.150. The maximum Gasteiger partial charge on any atom is 0.123 e. The molecule has 0 atom stereocenters. The highest BCUT2D eigenvalue weighted by molar-refractivity contribution is 6.29. The minimum atomic E-state index is -0.814. The zero-order valence-electron chi connectivity index (χ0n) is 42.1. The van der Waals surface area contributed by atoms with E-state index in [0.29, 0.717) is 0 Å². The summed E-state index contributed by atoms with van der Waals surface area (Å²) in [6.45, 7) is 0. The van der Waals surface area contributed by atoms with E-state index in [1.807, 2.05) is 36.4 Å². The highest BCUT2D eigenvalue weighted by Crippen LogP contribution is 2.66. The Bertz CT molecular complexity index is 4620. The van der Waals surface area contributed by atoms with Crippen molar-refractivity contribution in [2.24, 2.45) is 0 Å². The van der Waals surface area contributed by atoms with Crippen LogP contribution in [-0.2, 0) is 5.41 Å². The molecular weight excluding hydrogens is 957 g/mol. The van der Waals surface area contributed by atoms with Crippen LogP contribution in [0.4, 0.5) is 42.9 Å². The van der Waals surface area contributed by atoms with Crippen molar-refractivity contribution < 1.29 is 8.78 Å². The molecule has 1 spiro atoms. The van der Waals surface area contributed by atoms with Gasteiger partial charge in [0.15, 0.2) is 0 Å². The van der Waals surface area contributed by atoms with Crippen LogP contribution in [0.1, 0.15) is 22.3 Å². The molecule has 14 aromatic rings. The predicted octanol–water partition coefficient (Wildman–Crippen LogP) is 19.7. The Labute approximate surface area is 449 Å². The standard InChI is InChI=1S/C73H45F2N3/c74-50-30-38-53(39-31-50)76(52-34-26-48(27-35-52)46-14-3-1-4-15-46)56-42-43-61-65(44-56)73(63-23-10-7-18-57(63)58-19-8-11-24-64(58)73)66-45-68(70-62-22-13-21-60-59-20-9-12-25-67(59)78(71(60)62)72(70)69(61)66)77(55-40-32-51(75)33-41-55)54-36-28-49(29-37-54)47-16-5-2-6-17-47/h1-45H. The average Bonchev–Trinajstić information content (AvgIpc) is 3.71. The number of hydrogen-bond acceptors (Lipinski definition) is 2. The fourth-order valence-corrected chi connectivity index (χ4v) is 13.4. The molecule has 12 aromatic carbocycles. The molecular formula is C73H45F2N3. The first-order valence-electron chi connectivity index (χ1n) is 26.5. The average molecular weight is 1000 g/mol. The van der Waals surface area contributed by atoms with Crippen molar-refractivity contribution in [3.05, 3.63) is 307 Å². The highest BCUT2D eigenvalue weighted by Gasteiger charge is 2.53. The number of halogens is 2. The summed E-state index contributed by atoms with van der Waals surface area (Å²) < 4.78 is 32.7. The van der Waals surface area contributed by atoms with Gasteiger partial charge in [0.25, 0.3) is 0 Å². The molecule has 0 amide bonds. The smallest absolute Gasteiger partial charge is 0.123 e. The van der Waals surface area contributed by atoms with E-state index in [9.17, 15) is 4.39 Å². The lowest BCUT2D eigenvalue weighted by Crippen LogP contribution is -2.26. The van der Waals surface area contributed by atoms with E-state index in [-0.39, 0.29) is 11.6 Å². The van der Waals surface area contributed by atoms with Gasteiger partial charge >= 0.3 is 0 Å². The molecule has 2 aromatic heterocycles. The number of hydrogen-bond donors (Lipinski definition) is 0. The van der Waals surface area contributed by atoms with E-state index in [4.69, 9.17) is 0 Å². The third-order valence-electron chi connectivity index (χ3n) is 16.6. The van der Waals surface area contributed by atoms with Gasteiger partial charge in [-0.3, -0.25) is 0 Å². The van der Waals surface area contributed by atoms with Crippen LogP contribution in [0.5, 0.6) is 0 Å². The summed E-state index contributed by atoms with van der Waals surface area (Å²) >= 11 is 0. The molecule has 0 saturated heterocycles. The monoisotopic (exact) mass is 1000 g/mol. The van der Waals surface area contributed by atoms with Gasteiger partial charge in [-0.05, 0) is 158 Å². The van der Waals surface area contributed by atoms with Crippen LogP contribution in [0.2, 0.25) is 0 Å². The Kier molecular flexibility index (Phi) is 9.61. The Morgan fingerprint density at radius 3 is 1.36 bits per heavy atom. The second kappa shape index (κ2) is 17.0. The van der Waals surface area contributed by atoms with Gasteiger partial charge in [0.1, 0.15) is 11.6 Å². The number of benzene rings is 12. The topological polar surface area (TPSA) is 10.9 Å². The van der Waals surface area contributed by atoms with E-state index < -0.39 is 5.41 Å². The predicted molar refractivity (Wildman–Crippen MR) is 318 cm³/mol. The molecule has 0 N–H and O–H groups in total. The van der Waals surface area contributed by atoms with Gasteiger partial charge in [-0.2, -0.15) is 0 Å². The van der Waals surface area contributed by atoms with Gasteiger partial charge in [0, 0.05) is 55.5 Å². The molecule has 2 heterocycles. The molecule has 0 bridgehead atoms. The minimum absolute atomic E-state index is 0.292. The van der Waals surface area contributed by atoms with Crippen LogP contribution in [-0.4, -0.2) is 4.40 Å². The van der Waals surface area contributed by atoms with Gasteiger partial charge < -0.3 is 14.2 Å². The molecule has 3 nitrogen and oxygen atoms in total. The Morgan fingerprint density at radius 1 is 0.308 bits per heavy atom. The van der Waals surface area contributed by atoms with Crippen molar-refractivity contribution in [2.45, 2.75) is 5.41 Å². The number of rotatable bonds is 8. The first-order valence-corrected chi connectivity index (χ1v) is 26.5. The summed E-state index contributed by atoms with van der Waals surface area (Å²) in [4.78, 5) is 4.59. The molecule has 366 valence electrons. The van der Waals surface area contributed by atoms with Crippen LogP contribution in [0, 0.1) is 11.6 Å². The van der Waals surface area contributed by atoms with Gasteiger partial charge in [0.05, 0.1) is 27.7 Å². The van der Waals surface area contributed by atoms with Crippen molar-refractivity contribution in [2.75, 3.05) is 9.80 Å². The number of aromatic nitrogens is 1. The van der Waals surface area contributed by atoms with Crippen LogP contribution >= 0.6 is 0 Å². The van der Waals surface area contributed by atoms with Crippen LogP contribution in [0.25, 0.3) is 82.6 Å². The van der Waals surface area contributed by atoms with Gasteiger partial charge in [0.2, 0.25) is 0 Å². The second-order valence-electron chi connectivity index (χ2n) is 20.6. The van der Waals surface area contributed by atoms with Crippen molar-refractivity contribution in [3.8, 4) is 44.5 Å². The normalized spacial score (nSPS) is 12.8. The lowest BCUT2D eigenvalue weighted by Gasteiger charge is -2.33. The Balaban J connectivity index is 1.04. The number of para-hydroxylation sites is 2.